The van der Waals surface area contributed by atoms with Crippen LogP contribution in [0.3, 0.4) is 0 Å². The molecule has 140 valence electrons. The number of rotatable bonds is 6. The molecular weight excluding hydrogens is 338 g/mol. The number of hydrogen-bond acceptors (Lipinski definition) is 5. The lowest BCUT2D eigenvalue weighted by Crippen LogP contribution is -2.55. The summed E-state index contributed by atoms with van der Waals surface area (Å²) in [7, 11) is 0. The molecule has 2 atom stereocenters. The lowest BCUT2D eigenvalue weighted by Gasteiger charge is -2.39. The zero-order chi connectivity index (χ0) is 18.9. The van der Waals surface area contributed by atoms with Gasteiger partial charge in [-0.25, -0.2) is 0 Å². The van der Waals surface area contributed by atoms with Gasteiger partial charge in [0, 0.05) is 17.7 Å². The third-order valence-corrected chi connectivity index (χ3v) is 5.30. The number of nitrogens with one attached hydrogen (secondary N) is 2. The van der Waals surface area contributed by atoms with Crippen molar-refractivity contribution in [3.63, 3.8) is 0 Å². The number of nitro groups is 1. The molecule has 2 unspecified atom stereocenters. The van der Waals surface area contributed by atoms with Crippen molar-refractivity contribution in [3.05, 3.63) is 33.9 Å². The van der Waals surface area contributed by atoms with Crippen molar-refractivity contribution in [1.29, 1.82) is 0 Å². The molecule has 1 aromatic carbocycles. The number of anilines is 1. The van der Waals surface area contributed by atoms with Crippen LogP contribution in [0.1, 0.15) is 55.8 Å². The van der Waals surface area contributed by atoms with Gasteiger partial charge in [-0.3, -0.25) is 19.7 Å². The van der Waals surface area contributed by atoms with Crippen LogP contribution in [0.4, 0.5) is 11.4 Å². The monoisotopic (exact) mass is 361 g/mol. The van der Waals surface area contributed by atoms with Crippen molar-refractivity contribution in [3.8, 4) is 0 Å². The highest BCUT2D eigenvalue weighted by atomic mass is 16.6. The molecule has 2 aliphatic rings. The van der Waals surface area contributed by atoms with Gasteiger partial charge in [-0.05, 0) is 44.7 Å². The Morgan fingerprint density at radius 1 is 1.27 bits per heavy atom. The zero-order valence-electron chi connectivity index (χ0n) is 14.7. The molecule has 2 fully saturated rings. The van der Waals surface area contributed by atoms with E-state index in [1.54, 1.807) is 13.0 Å². The Balaban J connectivity index is 1.81. The lowest BCUT2D eigenvalue weighted by molar-refractivity contribution is -0.384. The van der Waals surface area contributed by atoms with Crippen molar-refractivity contribution in [2.75, 3.05) is 5.32 Å². The molecule has 0 heterocycles. The highest BCUT2D eigenvalue weighted by Gasteiger charge is 2.42. The van der Waals surface area contributed by atoms with E-state index in [1.165, 1.54) is 12.1 Å². The number of nitrogens with zero attached hydrogens (tertiary/aromatic N) is 1. The van der Waals surface area contributed by atoms with Crippen molar-refractivity contribution in [1.82, 2.24) is 5.32 Å². The van der Waals surface area contributed by atoms with Gasteiger partial charge in [0.2, 0.25) is 0 Å². The van der Waals surface area contributed by atoms with E-state index in [0.717, 1.165) is 25.7 Å². The van der Waals surface area contributed by atoms with E-state index in [2.05, 4.69) is 10.6 Å². The van der Waals surface area contributed by atoms with Crippen LogP contribution in [0.15, 0.2) is 18.2 Å². The molecule has 0 aliphatic heterocycles. The molecule has 0 radical (unpaired) electrons. The first-order valence-electron chi connectivity index (χ1n) is 8.90. The minimum Gasteiger partial charge on any atom is -0.481 e. The van der Waals surface area contributed by atoms with Crippen LogP contribution in [0.25, 0.3) is 0 Å². The number of carboxylic acid groups (broad SMARTS) is 1. The molecule has 3 N–H and O–H groups in total. The summed E-state index contributed by atoms with van der Waals surface area (Å²) < 4.78 is 0. The third kappa shape index (κ3) is 3.79. The van der Waals surface area contributed by atoms with Gasteiger partial charge < -0.3 is 15.7 Å². The maximum atomic E-state index is 12.7. The number of nitro benzene ring substituents is 1. The Labute approximate surface area is 151 Å². The summed E-state index contributed by atoms with van der Waals surface area (Å²) in [6, 6.07) is 4.59. The standard InChI is InChI=1S/C18H23N3O5/c1-18(9-3-2-4-13(18)17(23)24)20-16(22)11-5-8-14(19-12-6-7-12)15(10-11)21(25)26/h5,8,10,12-13,19H,2-4,6-7,9H2,1H3,(H,20,22)(H,23,24). The number of carboxylic acids is 1. The van der Waals surface area contributed by atoms with Gasteiger partial charge in [-0.2, -0.15) is 0 Å². The quantitative estimate of drug-likeness (QED) is 0.529. The molecule has 2 aliphatic carbocycles. The summed E-state index contributed by atoms with van der Waals surface area (Å²) in [5.74, 6) is -2.07. The zero-order valence-corrected chi connectivity index (χ0v) is 14.7. The van der Waals surface area contributed by atoms with Gasteiger partial charge in [-0.1, -0.05) is 12.8 Å². The summed E-state index contributed by atoms with van der Waals surface area (Å²) in [5, 5.41) is 26.7. The van der Waals surface area contributed by atoms with E-state index in [-0.39, 0.29) is 17.3 Å². The summed E-state index contributed by atoms with van der Waals surface area (Å²) in [6.45, 7) is 1.74. The first-order valence-corrected chi connectivity index (χ1v) is 8.90. The first-order chi connectivity index (χ1) is 12.3. The van der Waals surface area contributed by atoms with Gasteiger partial charge in [0.25, 0.3) is 11.6 Å². The van der Waals surface area contributed by atoms with Gasteiger partial charge in [0.1, 0.15) is 5.69 Å². The fourth-order valence-corrected chi connectivity index (χ4v) is 3.60. The maximum absolute atomic E-state index is 12.7. The molecule has 26 heavy (non-hydrogen) atoms. The highest BCUT2D eigenvalue weighted by molar-refractivity contribution is 5.96. The van der Waals surface area contributed by atoms with Crippen molar-refractivity contribution < 1.29 is 19.6 Å². The number of carbonyl (C=O) groups is 2. The molecule has 0 saturated heterocycles. The first kappa shape index (κ1) is 18.2. The highest BCUT2D eigenvalue weighted by Crippen LogP contribution is 2.35. The fourth-order valence-electron chi connectivity index (χ4n) is 3.60. The Kier molecular flexibility index (Phi) is 4.84. The Bertz CT molecular complexity index is 746. The Hall–Kier alpha value is -2.64. The van der Waals surface area contributed by atoms with Gasteiger partial charge in [-0.15, -0.1) is 0 Å². The number of benzene rings is 1. The number of amides is 1. The van der Waals surface area contributed by atoms with Crippen LogP contribution in [0, 0.1) is 16.0 Å². The van der Waals surface area contributed by atoms with Crippen LogP contribution >= 0.6 is 0 Å². The van der Waals surface area contributed by atoms with E-state index >= 15 is 0 Å². The topological polar surface area (TPSA) is 122 Å². The smallest absolute Gasteiger partial charge is 0.308 e. The van der Waals surface area contributed by atoms with E-state index in [9.17, 15) is 24.8 Å². The SMILES string of the molecule is CC1(NC(=O)c2ccc(NC3CC3)c([N+](=O)[O-])c2)CCCCC1C(=O)O. The predicted octanol–water partition coefficient (Wildman–Crippen LogP) is 2.93. The van der Waals surface area contributed by atoms with Crippen LogP contribution in [-0.2, 0) is 4.79 Å². The predicted molar refractivity (Wildman–Crippen MR) is 95.2 cm³/mol. The van der Waals surface area contributed by atoms with E-state index in [0.29, 0.717) is 18.5 Å². The maximum Gasteiger partial charge on any atom is 0.308 e. The normalized spacial score (nSPS) is 25.3. The molecule has 3 rings (SSSR count). The third-order valence-electron chi connectivity index (χ3n) is 5.30. The minimum atomic E-state index is -0.928. The van der Waals surface area contributed by atoms with Crippen LogP contribution in [0.5, 0.6) is 0 Å². The van der Waals surface area contributed by atoms with Gasteiger partial charge in [0.15, 0.2) is 0 Å². The van der Waals surface area contributed by atoms with Crippen molar-refractivity contribution >= 4 is 23.3 Å². The van der Waals surface area contributed by atoms with Crippen LogP contribution in [0.2, 0.25) is 0 Å². The van der Waals surface area contributed by atoms with Gasteiger partial charge in [0.05, 0.1) is 16.4 Å². The molecule has 1 amide bonds. The summed E-state index contributed by atoms with van der Waals surface area (Å²) >= 11 is 0. The number of aliphatic carboxylic acids is 1. The second kappa shape index (κ2) is 6.93. The largest absolute Gasteiger partial charge is 0.481 e. The van der Waals surface area contributed by atoms with E-state index in [1.807, 2.05) is 0 Å². The Morgan fingerprint density at radius 2 is 2.00 bits per heavy atom. The number of carbonyl (C=O) groups excluding carboxylic acids is 1. The van der Waals surface area contributed by atoms with Crippen LogP contribution < -0.4 is 10.6 Å². The van der Waals surface area contributed by atoms with Crippen LogP contribution in [-0.4, -0.2) is 33.5 Å². The van der Waals surface area contributed by atoms with Crippen molar-refractivity contribution in [2.45, 2.75) is 57.0 Å². The summed E-state index contributed by atoms with van der Waals surface area (Å²) in [5.41, 5.74) is -0.440. The minimum absolute atomic E-state index is 0.145. The number of hydrogen-bond donors (Lipinski definition) is 3. The molecule has 0 spiro atoms. The molecule has 0 bridgehead atoms. The molecule has 8 nitrogen and oxygen atoms in total. The molecular formula is C18H23N3O5. The van der Waals surface area contributed by atoms with E-state index in [4.69, 9.17) is 0 Å². The fraction of sp³-hybridized carbons (Fsp3) is 0.556. The average molecular weight is 361 g/mol. The summed E-state index contributed by atoms with van der Waals surface area (Å²) in [4.78, 5) is 35.0. The Morgan fingerprint density at radius 3 is 2.62 bits per heavy atom. The average Bonchev–Trinajstić information content (AvgIpc) is 3.38. The molecule has 2 saturated carbocycles. The molecule has 1 aromatic rings. The van der Waals surface area contributed by atoms with Gasteiger partial charge >= 0.3 is 5.97 Å². The summed E-state index contributed by atoms with van der Waals surface area (Å²) in [6.07, 6.45) is 4.69. The van der Waals surface area contributed by atoms with Crippen molar-refractivity contribution in [2.24, 2.45) is 5.92 Å². The lowest BCUT2D eigenvalue weighted by atomic mass is 9.73. The second-order valence-electron chi connectivity index (χ2n) is 7.42. The molecule has 0 aromatic heterocycles. The second-order valence-corrected chi connectivity index (χ2v) is 7.42. The molecule has 8 heteroatoms. The van der Waals surface area contributed by atoms with E-state index < -0.39 is 28.3 Å².